The van der Waals surface area contributed by atoms with Gasteiger partial charge in [-0.25, -0.2) is 4.98 Å². The summed E-state index contributed by atoms with van der Waals surface area (Å²) in [5.41, 5.74) is 3.28. The Morgan fingerprint density at radius 2 is 2.05 bits per heavy atom. The van der Waals surface area contributed by atoms with E-state index in [9.17, 15) is 0 Å². The molecular weight excluding hydrogens is 236 g/mol. The summed E-state index contributed by atoms with van der Waals surface area (Å²) in [6.07, 6.45) is 7.32. The third-order valence-corrected chi connectivity index (χ3v) is 4.49. The molecule has 0 radical (unpaired) electrons. The van der Waals surface area contributed by atoms with Crippen LogP contribution in [0.15, 0.2) is 22.6 Å². The molecule has 0 spiro atoms. The molecule has 1 heterocycles. The third kappa shape index (κ3) is 2.39. The van der Waals surface area contributed by atoms with E-state index in [-0.39, 0.29) is 5.54 Å². The lowest BCUT2D eigenvalue weighted by molar-refractivity contribution is 0.230. The zero-order valence-corrected chi connectivity index (χ0v) is 11.8. The quantitative estimate of drug-likeness (QED) is 0.914. The summed E-state index contributed by atoms with van der Waals surface area (Å²) >= 11 is 0. The van der Waals surface area contributed by atoms with E-state index in [1.807, 2.05) is 12.1 Å². The van der Waals surface area contributed by atoms with E-state index < -0.39 is 0 Å². The van der Waals surface area contributed by atoms with Crippen LogP contribution < -0.4 is 5.32 Å². The van der Waals surface area contributed by atoms with Gasteiger partial charge in [0.1, 0.15) is 5.52 Å². The van der Waals surface area contributed by atoms with E-state index in [2.05, 4.69) is 30.3 Å². The minimum Gasteiger partial charge on any atom is -0.440 e. The van der Waals surface area contributed by atoms with E-state index >= 15 is 0 Å². The minimum atomic E-state index is 0.188. The van der Waals surface area contributed by atoms with Crippen LogP contribution in [-0.2, 0) is 6.42 Å². The molecule has 0 amide bonds. The highest BCUT2D eigenvalue weighted by Gasteiger charge is 2.32. The average Bonchev–Trinajstić information content (AvgIpc) is 2.83. The highest BCUT2D eigenvalue weighted by Crippen LogP contribution is 2.32. The van der Waals surface area contributed by atoms with Gasteiger partial charge in [-0.2, -0.15) is 0 Å². The molecule has 1 N–H and O–H groups in total. The topological polar surface area (TPSA) is 38.1 Å². The summed E-state index contributed by atoms with van der Waals surface area (Å²) in [5, 5.41) is 3.52. The van der Waals surface area contributed by atoms with Crippen molar-refractivity contribution in [3.05, 3.63) is 29.7 Å². The molecule has 3 heteroatoms. The predicted octanol–water partition coefficient (Wildman–Crippen LogP) is 3.60. The lowest BCUT2D eigenvalue weighted by atomic mass is 9.79. The van der Waals surface area contributed by atoms with Crippen molar-refractivity contribution in [1.29, 1.82) is 0 Å². The van der Waals surface area contributed by atoms with Crippen molar-refractivity contribution in [2.45, 2.75) is 51.0 Å². The molecule has 0 saturated heterocycles. The number of hydrogen-bond acceptors (Lipinski definition) is 3. The van der Waals surface area contributed by atoms with E-state index in [0.29, 0.717) is 0 Å². The highest BCUT2D eigenvalue weighted by molar-refractivity contribution is 5.75. The lowest BCUT2D eigenvalue weighted by Gasteiger charge is -2.36. The van der Waals surface area contributed by atoms with Gasteiger partial charge in [0.15, 0.2) is 11.5 Å². The van der Waals surface area contributed by atoms with Crippen LogP contribution in [0.3, 0.4) is 0 Å². The zero-order valence-electron chi connectivity index (χ0n) is 11.8. The highest BCUT2D eigenvalue weighted by atomic mass is 16.3. The Morgan fingerprint density at radius 1 is 1.26 bits per heavy atom. The second-order valence-electron chi connectivity index (χ2n) is 5.80. The smallest absolute Gasteiger partial charge is 0.197 e. The standard InChI is InChI=1S/C16H22N2O/c1-12-7-6-8-13-15(12)19-14(18-13)11-16(17-2)9-4-3-5-10-16/h6-8,17H,3-5,9-11H2,1-2H3. The van der Waals surface area contributed by atoms with Crippen LogP contribution in [0.25, 0.3) is 11.1 Å². The third-order valence-electron chi connectivity index (χ3n) is 4.49. The van der Waals surface area contributed by atoms with Crippen molar-refractivity contribution in [3.63, 3.8) is 0 Å². The SMILES string of the molecule is CNC1(Cc2nc3cccc(C)c3o2)CCCCC1. The second-order valence-corrected chi connectivity index (χ2v) is 5.80. The van der Waals surface area contributed by atoms with Gasteiger partial charge in [-0.3, -0.25) is 0 Å². The molecule has 102 valence electrons. The lowest BCUT2D eigenvalue weighted by Crippen LogP contribution is -2.46. The maximum Gasteiger partial charge on any atom is 0.197 e. The van der Waals surface area contributed by atoms with Gasteiger partial charge in [-0.05, 0) is 38.4 Å². The fourth-order valence-corrected chi connectivity index (χ4v) is 3.24. The van der Waals surface area contributed by atoms with Gasteiger partial charge in [0.2, 0.25) is 0 Å². The van der Waals surface area contributed by atoms with Crippen LogP contribution in [0.1, 0.15) is 43.6 Å². The van der Waals surface area contributed by atoms with E-state index in [4.69, 9.17) is 4.42 Å². The average molecular weight is 258 g/mol. The van der Waals surface area contributed by atoms with Crippen LogP contribution in [0.2, 0.25) is 0 Å². The van der Waals surface area contributed by atoms with Gasteiger partial charge in [0.25, 0.3) is 0 Å². The molecule has 1 aliphatic carbocycles. The van der Waals surface area contributed by atoms with Gasteiger partial charge in [-0.1, -0.05) is 31.4 Å². The molecule has 1 aromatic heterocycles. The number of aromatic nitrogens is 1. The number of aryl methyl sites for hydroxylation is 1. The molecule has 0 unspecified atom stereocenters. The molecule has 2 aromatic rings. The van der Waals surface area contributed by atoms with Crippen LogP contribution in [0.5, 0.6) is 0 Å². The molecule has 1 aliphatic rings. The Hall–Kier alpha value is -1.35. The summed E-state index contributed by atoms with van der Waals surface area (Å²) in [4.78, 5) is 4.65. The number of benzene rings is 1. The molecule has 1 aromatic carbocycles. The van der Waals surface area contributed by atoms with Gasteiger partial charge >= 0.3 is 0 Å². The van der Waals surface area contributed by atoms with Crippen molar-refractivity contribution in [3.8, 4) is 0 Å². The van der Waals surface area contributed by atoms with Gasteiger partial charge in [0, 0.05) is 12.0 Å². The number of nitrogens with zero attached hydrogens (tertiary/aromatic N) is 1. The fourth-order valence-electron chi connectivity index (χ4n) is 3.24. The number of rotatable bonds is 3. The number of nitrogens with one attached hydrogen (secondary N) is 1. The first kappa shape index (κ1) is 12.7. The maximum absolute atomic E-state index is 5.98. The zero-order chi connectivity index (χ0) is 13.3. The normalized spacial score (nSPS) is 18.8. The molecule has 1 fully saturated rings. The Balaban J connectivity index is 1.89. The summed E-state index contributed by atoms with van der Waals surface area (Å²) in [6.45, 7) is 2.08. The van der Waals surface area contributed by atoms with Crippen LogP contribution in [-0.4, -0.2) is 17.6 Å². The van der Waals surface area contributed by atoms with Crippen LogP contribution in [0.4, 0.5) is 0 Å². The van der Waals surface area contributed by atoms with E-state index in [1.54, 1.807) is 0 Å². The first-order valence-corrected chi connectivity index (χ1v) is 7.26. The molecule has 1 saturated carbocycles. The molecular formula is C16H22N2O. The van der Waals surface area contributed by atoms with Crippen molar-refractivity contribution < 1.29 is 4.42 Å². The second kappa shape index (κ2) is 4.97. The predicted molar refractivity (Wildman–Crippen MR) is 77.3 cm³/mol. The molecule has 0 bridgehead atoms. The fraction of sp³-hybridized carbons (Fsp3) is 0.562. The Morgan fingerprint density at radius 3 is 2.74 bits per heavy atom. The number of oxazole rings is 1. The van der Waals surface area contributed by atoms with Crippen molar-refractivity contribution in [2.75, 3.05) is 7.05 Å². The Kier molecular flexibility index (Phi) is 3.31. The molecule has 3 nitrogen and oxygen atoms in total. The van der Waals surface area contributed by atoms with Crippen LogP contribution >= 0.6 is 0 Å². The van der Waals surface area contributed by atoms with Gasteiger partial charge in [-0.15, -0.1) is 0 Å². The first-order chi connectivity index (χ1) is 9.22. The molecule has 19 heavy (non-hydrogen) atoms. The van der Waals surface area contributed by atoms with E-state index in [1.165, 1.54) is 37.7 Å². The summed E-state index contributed by atoms with van der Waals surface area (Å²) in [6, 6.07) is 6.15. The molecule has 0 atom stereocenters. The van der Waals surface area contributed by atoms with Gasteiger partial charge in [0.05, 0.1) is 0 Å². The number of fused-ring (bicyclic) bond motifs is 1. The minimum absolute atomic E-state index is 0.188. The van der Waals surface area contributed by atoms with Crippen LogP contribution in [0, 0.1) is 6.92 Å². The number of hydrogen-bond donors (Lipinski definition) is 1. The summed E-state index contributed by atoms with van der Waals surface area (Å²) in [7, 11) is 2.07. The molecule has 0 aliphatic heterocycles. The summed E-state index contributed by atoms with van der Waals surface area (Å²) in [5.74, 6) is 0.876. The Bertz CT molecular complexity index is 567. The maximum atomic E-state index is 5.98. The molecule has 3 rings (SSSR count). The van der Waals surface area contributed by atoms with Crippen molar-refractivity contribution in [2.24, 2.45) is 0 Å². The Labute approximate surface area is 114 Å². The monoisotopic (exact) mass is 258 g/mol. The van der Waals surface area contributed by atoms with E-state index in [0.717, 1.165) is 23.4 Å². The van der Waals surface area contributed by atoms with Crippen molar-refractivity contribution >= 4 is 11.1 Å². The van der Waals surface area contributed by atoms with Crippen molar-refractivity contribution in [1.82, 2.24) is 10.3 Å². The largest absolute Gasteiger partial charge is 0.440 e. The van der Waals surface area contributed by atoms with Gasteiger partial charge < -0.3 is 9.73 Å². The first-order valence-electron chi connectivity index (χ1n) is 7.26. The number of para-hydroxylation sites is 1. The number of likely N-dealkylation sites (N-methyl/N-ethyl adjacent to an activating group) is 1. The summed E-state index contributed by atoms with van der Waals surface area (Å²) < 4.78 is 5.98.